The molecule has 0 unspecified atom stereocenters. The molecule has 0 saturated carbocycles. The molecule has 0 fully saturated rings. The summed E-state index contributed by atoms with van der Waals surface area (Å²) in [6, 6.07) is 3.32. The predicted molar refractivity (Wildman–Crippen MR) is 76.0 cm³/mol. The Kier molecular flexibility index (Phi) is 5.40. The van der Waals surface area contributed by atoms with E-state index in [2.05, 4.69) is 5.32 Å². The van der Waals surface area contributed by atoms with Crippen molar-refractivity contribution in [3.63, 3.8) is 0 Å². The zero-order valence-corrected chi connectivity index (χ0v) is 10.9. The van der Waals surface area contributed by atoms with Crippen LogP contribution in [0.3, 0.4) is 0 Å². The maximum absolute atomic E-state index is 11.1. The molecule has 0 atom stereocenters. The van der Waals surface area contributed by atoms with Gasteiger partial charge in [0.15, 0.2) is 0 Å². The number of aliphatic hydroxyl groups excluding tert-OH is 2. The fourth-order valence-electron chi connectivity index (χ4n) is 1.81. The van der Waals surface area contributed by atoms with Crippen LogP contribution in [0.4, 0.5) is 22.7 Å². The van der Waals surface area contributed by atoms with Gasteiger partial charge in [0.05, 0.1) is 36.0 Å². The molecule has 7 N–H and O–H groups in total. The maximum atomic E-state index is 11.1. The monoisotopic (exact) mass is 268 g/mol. The average molecular weight is 268 g/mol. The van der Waals surface area contributed by atoms with Crippen LogP contribution in [0.15, 0.2) is 12.1 Å². The predicted octanol–water partition coefficient (Wildman–Crippen LogP) is -0.400. The quantitative estimate of drug-likeness (QED) is 0.447. The highest BCUT2D eigenvalue weighted by atomic mass is 16.3. The van der Waals surface area contributed by atoms with E-state index in [-0.39, 0.29) is 19.1 Å². The Hall–Kier alpha value is -1.99. The van der Waals surface area contributed by atoms with Crippen LogP contribution in [-0.4, -0.2) is 42.4 Å². The van der Waals surface area contributed by atoms with Gasteiger partial charge in [-0.1, -0.05) is 0 Å². The maximum Gasteiger partial charge on any atom is 0.221 e. The SMILES string of the molecule is CC(=O)Nc1c(N)ccc(N(CCO)CCO)c1N. The minimum absolute atomic E-state index is 0.0702. The molecule has 0 radical (unpaired) electrons. The molecule has 106 valence electrons. The van der Waals surface area contributed by atoms with Gasteiger partial charge in [0.2, 0.25) is 5.91 Å². The molecule has 19 heavy (non-hydrogen) atoms. The molecule has 7 nitrogen and oxygen atoms in total. The molecule has 0 saturated heterocycles. The number of hydrogen-bond acceptors (Lipinski definition) is 6. The van der Waals surface area contributed by atoms with E-state index in [1.165, 1.54) is 6.92 Å². The number of benzene rings is 1. The molecule has 0 aliphatic heterocycles. The number of rotatable bonds is 6. The number of nitrogens with two attached hydrogens (primary N) is 2. The highest BCUT2D eigenvalue weighted by Gasteiger charge is 2.15. The molecule has 1 rings (SSSR count). The molecule has 0 spiro atoms. The normalized spacial score (nSPS) is 10.3. The summed E-state index contributed by atoms with van der Waals surface area (Å²) >= 11 is 0. The van der Waals surface area contributed by atoms with Gasteiger partial charge in [-0.05, 0) is 12.1 Å². The number of nitrogens with one attached hydrogen (secondary N) is 1. The Balaban J connectivity index is 3.16. The van der Waals surface area contributed by atoms with E-state index < -0.39 is 0 Å². The lowest BCUT2D eigenvalue weighted by Crippen LogP contribution is -2.30. The van der Waals surface area contributed by atoms with Crippen LogP contribution >= 0.6 is 0 Å². The lowest BCUT2D eigenvalue weighted by molar-refractivity contribution is -0.114. The zero-order chi connectivity index (χ0) is 14.4. The topological polar surface area (TPSA) is 125 Å². The number of nitrogen functional groups attached to an aromatic ring is 2. The van der Waals surface area contributed by atoms with Gasteiger partial charge in [-0.15, -0.1) is 0 Å². The Morgan fingerprint density at radius 2 is 1.84 bits per heavy atom. The Labute approximate surface area is 111 Å². The summed E-state index contributed by atoms with van der Waals surface area (Å²) in [5.41, 5.74) is 13.4. The van der Waals surface area contributed by atoms with E-state index in [1.54, 1.807) is 17.0 Å². The summed E-state index contributed by atoms with van der Waals surface area (Å²) in [5, 5.41) is 20.6. The third-order valence-electron chi connectivity index (χ3n) is 2.64. The molecule has 0 heterocycles. The van der Waals surface area contributed by atoms with Crippen molar-refractivity contribution < 1.29 is 15.0 Å². The minimum atomic E-state index is -0.272. The number of aliphatic hydroxyl groups is 2. The molecular weight excluding hydrogens is 248 g/mol. The molecule has 0 aliphatic carbocycles. The van der Waals surface area contributed by atoms with Crippen LogP contribution in [0.5, 0.6) is 0 Å². The summed E-state index contributed by atoms with van der Waals surface area (Å²) in [5.74, 6) is -0.272. The summed E-state index contributed by atoms with van der Waals surface area (Å²) in [6.07, 6.45) is 0. The standard InChI is InChI=1S/C12H20N4O3/c1-8(19)15-12-9(13)2-3-10(11(12)14)16(4-6-17)5-7-18/h2-3,17-18H,4-7,13-14H2,1H3,(H,15,19). The molecule has 0 bridgehead atoms. The number of amides is 1. The third kappa shape index (κ3) is 3.73. The highest BCUT2D eigenvalue weighted by Crippen LogP contribution is 2.35. The molecule has 1 aromatic carbocycles. The zero-order valence-electron chi connectivity index (χ0n) is 10.9. The molecular formula is C12H20N4O3. The van der Waals surface area contributed by atoms with Gasteiger partial charge in [-0.2, -0.15) is 0 Å². The lowest BCUT2D eigenvalue weighted by atomic mass is 10.1. The summed E-state index contributed by atoms with van der Waals surface area (Å²) < 4.78 is 0. The van der Waals surface area contributed by atoms with Crippen LogP contribution in [0, 0.1) is 0 Å². The van der Waals surface area contributed by atoms with Crippen LogP contribution in [0.25, 0.3) is 0 Å². The largest absolute Gasteiger partial charge is 0.397 e. The Morgan fingerprint density at radius 1 is 1.26 bits per heavy atom. The van der Waals surface area contributed by atoms with E-state index in [1.807, 2.05) is 0 Å². The van der Waals surface area contributed by atoms with Gasteiger partial charge in [0.25, 0.3) is 0 Å². The highest BCUT2D eigenvalue weighted by molar-refractivity contribution is 6.00. The number of anilines is 4. The van der Waals surface area contributed by atoms with Crippen LogP contribution in [-0.2, 0) is 4.79 Å². The minimum Gasteiger partial charge on any atom is -0.397 e. The number of carbonyl (C=O) groups excluding carboxylic acids is 1. The van der Waals surface area contributed by atoms with Gasteiger partial charge >= 0.3 is 0 Å². The van der Waals surface area contributed by atoms with E-state index in [0.717, 1.165) is 0 Å². The van der Waals surface area contributed by atoms with Crippen LogP contribution < -0.4 is 21.7 Å². The second-order valence-electron chi connectivity index (χ2n) is 4.08. The first kappa shape index (κ1) is 15.1. The van der Waals surface area contributed by atoms with Gasteiger partial charge in [0, 0.05) is 20.0 Å². The first-order chi connectivity index (χ1) is 9.01. The van der Waals surface area contributed by atoms with Gasteiger partial charge in [-0.3, -0.25) is 4.79 Å². The van der Waals surface area contributed by atoms with Crippen molar-refractivity contribution in [3.8, 4) is 0 Å². The van der Waals surface area contributed by atoms with E-state index >= 15 is 0 Å². The smallest absolute Gasteiger partial charge is 0.221 e. The fraction of sp³-hybridized carbons (Fsp3) is 0.417. The number of carbonyl (C=O) groups is 1. The fourth-order valence-corrected chi connectivity index (χ4v) is 1.81. The van der Waals surface area contributed by atoms with Gasteiger partial charge < -0.3 is 31.9 Å². The summed E-state index contributed by atoms with van der Waals surface area (Å²) in [7, 11) is 0. The van der Waals surface area contributed by atoms with Crippen molar-refractivity contribution in [2.75, 3.05) is 48.0 Å². The second kappa shape index (κ2) is 6.81. The summed E-state index contributed by atoms with van der Waals surface area (Å²) in [4.78, 5) is 12.9. The first-order valence-corrected chi connectivity index (χ1v) is 5.93. The van der Waals surface area contributed by atoms with Crippen molar-refractivity contribution in [1.82, 2.24) is 0 Å². The molecule has 1 aromatic rings. The van der Waals surface area contributed by atoms with Gasteiger partial charge in [0.1, 0.15) is 0 Å². The van der Waals surface area contributed by atoms with E-state index in [0.29, 0.717) is 35.8 Å². The molecule has 0 aromatic heterocycles. The van der Waals surface area contributed by atoms with Crippen molar-refractivity contribution in [2.24, 2.45) is 0 Å². The third-order valence-corrected chi connectivity index (χ3v) is 2.64. The molecule has 7 heteroatoms. The van der Waals surface area contributed by atoms with Crippen LogP contribution in [0.1, 0.15) is 6.92 Å². The van der Waals surface area contributed by atoms with E-state index in [4.69, 9.17) is 21.7 Å². The van der Waals surface area contributed by atoms with Gasteiger partial charge in [-0.25, -0.2) is 0 Å². The Morgan fingerprint density at radius 3 is 2.32 bits per heavy atom. The molecule has 0 aliphatic rings. The van der Waals surface area contributed by atoms with Crippen LogP contribution in [0.2, 0.25) is 0 Å². The molecule has 1 amide bonds. The second-order valence-corrected chi connectivity index (χ2v) is 4.08. The van der Waals surface area contributed by atoms with Crippen molar-refractivity contribution in [3.05, 3.63) is 12.1 Å². The Bertz CT molecular complexity index is 445. The number of nitrogens with zero attached hydrogens (tertiary/aromatic N) is 1. The van der Waals surface area contributed by atoms with E-state index in [9.17, 15) is 4.79 Å². The van der Waals surface area contributed by atoms with Crippen molar-refractivity contribution >= 4 is 28.7 Å². The number of hydrogen-bond donors (Lipinski definition) is 5. The van der Waals surface area contributed by atoms with Crippen molar-refractivity contribution in [1.29, 1.82) is 0 Å². The first-order valence-electron chi connectivity index (χ1n) is 5.93. The summed E-state index contributed by atoms with van der Waals surface area (Å²) in [6.45, 7) is 1.88. The van der Waals surface area contributed by atoms with Crippen molar-refractivity contribution in [2.45, 2.75) is 6.92 Å². The average Bonchev–Trinajstić information content (AvgIpc) is 2.34. The lowest BCUT2D eigenvalue weighted by Gasteiger charge is -2.26.